The summed E-state index contributed by atoms with van der Waals surface area (Å²) in [5.41, 5.74) is 2.02. The fourth-order valence-corrected chi connectivity index (χ4v) is 1.07. The molecular weight excluding hydrogens is 178 g/mol. The summed E-state index contributed by atoms with van der Waals surface area (Å²) in [7, 11) is 0. The smallest absolute Gasteiger partial charge is 0.220 e. The number of H-pyrrole nitrogens is 1. The molecule has 0 bridgehead atoms. The summed E-state index contributed by atoms with van der Waals surface area (Å²) >= 11 is 0. The Hall–Kier alpha value is -1.58. The lowest BCUT2D eigenvalue weighted by atomic mass is 10.2. The van der Waals surface area contributed by atoms with E-state index in [0.717, 1.165) is 17.7 Å². The van der Waals surface area contributed by atoms with E-state index in [1.165, 1.54) is 0 Å². The fraction of sp³-hybridized carbons (Fsp3) is 0.400. The number of aromatic nitrogens is 2. The largest absolute Gasteiger partial charge is 0.352 e. The third kappa shape index (κ3) is 3.05. The quantitative estimate of drug-likeness (QED) is 0.692. The molecule has 0 fully saturated rings. The maximum Gasteiger partial charge on any atom is 0.220 e. The predicted molar refractivity (Wildman–Crippen MR) is 54.6 cm³/mol. The molecule has 0 radical (unpaired) electrons. The Morgan fingerprint density at radius 3 is 3.14 bits per heavy atom. The normalized spacial score (nSPS) is 9.79. The van der Waals surface area contributed by atoms with E-state index in [1.807, 2.05) is 6.92 Å². The molecule has 0 unspecified atom stereocenters. The maximum atomic E-state index is 11.2. The topological polar surface area (TPSA) is 57.8 Å². The zero-order chi connectivity index (χ0) is 10.4. The van der Waals surface area contributed by atoms with Crippen molar-refractivity contribution in [2.75, 3.05) is 0 Å². The molecule has 0 aliphatic carbocycles. The van der Waals surface area contributed by atoms with Crippen LogP contribution in [0.5, 0.6) is 0 Å². The number of carbonyl (C=O) groups is 1. The molecule has 1 rings (SSSR count). The molecule has 0 aliphatic rings. The monoisotopic (exact) mass is 193 g/mol. The number of carbonyl (C=O) groups excluding carboxylic acids is 1. The van der Waals surface area contributed by atoms with Gasteiger partial charge < -0.3 is 5.32 Å². The van der Waals surface area contributed by atoms with Crippen LogP contribution in [0.3, 0.4) is 0 Å². The number of nitrogens with one attached hydrogen (secondary N) is 2. The average Bonchev–Trinajstić information content (AvgIpc) is 2.58. The maximum absolute atomic E-state index is 11.2. The van der Waals surface area contributed by atoms with E-state index in [0.29, 0.717) is 13.0 Å². The van der Waals surface area contributed by atoms with Gasteiger partial charge in [-0.1, -0.05) is 6.08 Å². The van der Waals surface area contributed by atoms with E-state index in [1.54, 1.807) is 12.3 Å². The summed E-state index contributed by atoms with van der Waals surface area (Å²) in [6.07, 6.45) is 4.68. The number of hydrogen-bond donors (Lipinski definition) is 2. The molecule has 14 heavy (non-hydrogen) atoms. The van der Waals surface area contributed by atoms with Crippen molar-refractivity contribution in [3.05, 3.63) is 30.1 Å². The minimum absolute atomic E-state index is 0.0468. The van der Waals surface area contributed by atoms with Gasteiger partial charge in [-0.15, -0.1) is 6.58 Å². The lowest BCUT2D eigenvalue weighted by molar-refractivity contribution is -0.121. The van der Waals surface area contributed by atoms with Gasteiger partial charge in [0, 0.05) is 24.2 Å². The lowest BCUT2D eigenvalue weighted by Gasteiger charge is -2.02. The molecule has 2 N–H and O–H groups in total. The second kappa shape index (κ2) is 5.21. The highest BCUT2D eigenvalue weighted by molar-refractivity contribution is 5.75. The van der Waals surface area contributed by atoms with Gasteiger partial charge >= 0.3 is 0 Å². The summed E-state index contributed by atoms with van der Waals surface area (Å²) in [6.45, 7) is 6.03. The summed E-state index contributed by atoms with van der Waals surface area (Å²) in [4.78, 5) is 11.2. The first-order chi connectivity index (χ1) is 6.74. The first-order valence-corrected chi connectivity index (χ1v) is 4.60. The Morgan fingerprint density at radius 2 is 2.57 bits per heavy atom. The van der Waals surface area contributed by atoms with Gasteiger partial charge in [-0.2, -0.15) is 5.10 Å². The standard InChI is InChI=1S/C10H15N3O/c1-3-4-5-10(14)11-6-9-7-12-13-8(9)2/h3,7H,1,4-6H2,2H3,(H,11,14)(H,12,13). The fourth-order valence-electron chi connectivity index (χ4n) is 1.07. The molecule has 76 valence electrons. The highest BCUT2D eigenvalue weighted by Gasteiger charge is 2.02. The Kier molecular flexibility index (Phi) is 3.91. The van der Waals surface area contributed by atoms with Crippen LogP contribution in [0.4, 0.5) is 0 Å². The molecule has 4 heteroatoms. The number of hydrogen-bond acceptors (Lipinski definition) is 2. The van der Waals surface area contributed by atoms with E-state index in [-0.39, 0.29) is 5.91 Å². The van der Waals surface area contributed by atoms with Crippen molar-refractivity contribution in [3.63, 3.8) is 0 Å². The van der Waals surface area contributed by atoms with Crippen LogP contribution in [0.2, 0.25) is 0 Å². The van der Waals surface area contributed by atoms with E-state index in [2.05, 4.69) is 22.1 Å². The minimum atomic E-state index is 0.0468. The highest BCUT2D eigenvalue weighted by atomic mass is 16.1. The van der Waals surface area contributed by atoms with E-state index in [9.17, 15) is 4.79 Å². The molecule has 0 saturated heterocycles. The van der Waals surface area contributed by atoms with Crippen molar-refractivity contribution in [1.29, 1.82) is 0 Å². The summed E-state index contributed by atoms with van der Waals surface area (Å²) in [6, 6.07) is 0. The molecule has 4 nitrogen and oxygen atoms in total. The number of aromatic amines is 1. The molecular formula is C10H15N3O. The number of aryl methyl sites for hydroxylation is 1. The number of allylic oxidation sites excluding steroid dienone is 1. The van der Waals surface area contributed by atoms with Gasteiger partial charge in [0.25, 0.3) is 0 Å². The van der Waals surface area contributed by atoms with Crippen LogP contribution in [0.1, 0.15) is 24.1 Å². The zero-order valence-electron chi connectivity index (χ0n) is 8.34. The highest BCUT2D eigenvalue weighted by Crippen LogP contribution is 2.01. The van der Waals surface area contributed by atoms with Gasteiger partial charge in [-0.25, -0.2) is 0 Å². The zero-order valence-corrected chi connectivity index (χ0v) is 8.34. The Morgan fingerprint density at radius 1 is 1.79 bits per heavy atom. The second-order valence-electron chi connectivity index (χ2n) is 3.12. The first kappa shape index (κ1) is 10.5. The van der Waals surface area contributed by atoms with Gasteiger partial charge in [0.05, 0.1) is 6.20 Å². The molecule has 0 atom stereocenters. The van der Waals surface area contributed by atoms with Crippen LogP contribution in [-0.2, 0) is 11.3 Å². The number of nitrogens with zero attached hydrogens (tertiary/aromatic N) is 1. The molecule has 1 heterocycles. The van der Waals surface area contributed by atoms with Gasteiger partial charge in [0.2, 0.25) is 5.91 Å². The van der Waals surface area contributed by atoms with Gasteiger partial charge in [0.1, 0.15) is 0 Å². The van der Waals surface area contributed by atoms with E-state index < -0.39 is 0 Å². The molecule has 0 spiro atoms. The summed E-state index contributed by atoms with van der Waals surface area (Å²) in [5, 5.41) is 9.50. The van der Waals surface area contributed by atoms with Crippen LogP contribution in [0, 0.1) is 6.92 Å². The lowest BCUT2D eigenvalue weighted by Crippen LogP contribution is -2.22. The molecule has 1 aromatic rings. The van der Waals surface area contributed by atoms with Crippen LogP contribution < -0.4 is 5.32 Å². The average molecular weight is 193 g/mol. The summed E-state index contributed by atoms with van der Waals surface area (Å²) in [5.74, 6) is 0.0468. The van der Waals surface area contributed by atoms with E-state index in [4.69, 9.17) is 0 Å². The van der Waals surface area contributed by atoms with Crippen LogP contribution in [-0.4, -0.2) is 16.1 Å². The SMILES string of the molecule is C=CCCC(=O)NCc1cn[nH]c1C. The van der Waals surface area contributed by atoms with Crippen molar-refractivity contribution in [2.45, 2.75) is 26.3 Å². The van der Waals surface area contributed by atoms with Gasteiger partial charge in [0.15, 0.2) is 0 Å². The van der Waals surface area contributed by atoms with Gasteiger partial charge in [-0.05, 0) is 13.3 Å². The van der Waals surface area contributed by atoms with E-state index >= 15 is 0 Å². The Bertz CT molecular complexity index is 317. The molecule has 1 aromatic heterocycles. The first-order valence-electron chi connectivity index (χ1n) is 4.60. The summed E-state index contributed by atoms with van der Waals surface area (Å²) < 4.78 is 0. The molecule has 0 aliphatic heterocycles. The Balaban J connectivity index is 2.30. The van der Waals surface area contributed by atoms with Crippen LogP contribution in [0.15, 0.2) is 18.9 Å². The van der Waals surface area contributed by atoms with Crippen molar-refractivity contribution in [1.82, 2.24) is 15.5 Å². The second-order valence-corrected chi connectivity index (χ2v) is 3.12. The predicted octanol–water partition coefficient (Wildman–Crippen LogP) is 1.30. The Labute approximate surface area is 83.4 Å². The van der Waals surface area contributed by atoms with Crippen LogP contribution in [0.25, 0.3) is 0 Å². The molecule has 0 saturated carbocycles. The molecule has 1 amide bonds. The third-order valence-electron chi connectivity index (χ3n) is 1.99. The molecule has 0 aromatic carbocycles. The third-order valence-corrected chi connectivity index (χ3v) is 1.99. The van der Waals surface area contributed by atoms with Crippen molar-refractivity contribution in [3.8, 4) is 0 Å². The van der Waals surface area contributed by atoms with Gasteiger partial charge in [-0.3, -0.25) is 9.89 Å². The number of rotatable bonds is 5. The van der Waals surface area contributed by atoms with Crippen molar-refractivity contribution >= 4 is 5.91 Å². The van der Waals surface area contributed by atoms with Crippen molar-refractivity contribution in [2.24, 2.45) is 0 Å². The van der Waals surface area contributed by atoms with Crippen LogP contribution >= 0.6 is 0 Å². The number of amides is 1. The van der Waals surface area contributed by atoms with Crippen molar-refractivity contribution < 1.29 is 4.79 Å². The minimum Gasteiger partial charge on any atom is -0.352 e.